The fourth-order valence-electron chi connectivity index (χ4n) is 4.27. The molecule has 0 amide bonds. The number of aromatic nitrogens is 2. The molecule has 0 fully saturated rings. The van der Waals surface area contributed by atoms with E-state index in [0.717, 1.165) is 22.3 Å². The van der Waals surface area contributed by atoms with E-state index in [1.165, 1.54) is 7.11 Å². The van der Waals surface area contributed by atoms with Crippen molar-refractivity contribution in [2.45, 2.75) is 0 Å². The number of oxazole rings is 2. The summed E-state index contributed by atoms with van der Waals surface area (Å²) in [6.07, 6.45) is 4.01. The Morgan fingerprint density at radius 1 is 0.725 bits per heavy atom. The number of nitrogens with zero attached hydrogens (tertiary/aromatic N) is 2. The number of hydrogen-bond acceptors (Lipinski definition) is 8. The van der Waals surface area contributed by atoms with Crippen LogP contribution in [0.4, 0.5) is 0 Å². The summed E-state index contributed by atoms with van der Waals surface area (Å²) in [6.45, 7) is -0.551. The number of esters is 1. The molecule has 0 saturated carbocycles. The molecule has 4 aromatic carbocycles. The van der Waals surface area contributed by atoms with Crippen molar-refractivity contribution in [3.05, 3.63) is 107 Å². The van der Waals surface area contributed by atoms with Gasteiger partial charge >= 0.3 is 5.97 Å². The number of aliphatic hydroxyl groups excluding tert-OH is 1. The quantitative estimate of drug-likeness (QED) is 0.143. The molecule has 0 spiro atoms. The SMILES string of the molecule is COC(=O)c1ccc2nc(-c3ccc(C=Cc4ccc(-c5nc6ccc(C(=O)CO)cc6o5)cc4)cc3)oc2c1. The third-order valence-corrected chi connectivity index (χ3v) is 6.45. The van der Waals surface area contributed by atoms with Crippen molar-refractivity contribution in [3.63, 3.8) is 0 Å². The van der Waals surface area contributed by atoms with Gasteiger partial charge in [-0.25, -0.2) is 14.8 Å². The fraction of sp³-hybridized carbons (Fsp3) is 0.0625. The fourth-order valence-corrected chi connectivity index (χ4v) is 4.27. The molecule has 6 aromatic rings. The van der Waals surface area contributed by atoms with Gasteiger partial charge in [-0.05, 0) is 71.8 Å². The van der Waals surface area contributed by atoms with Gasteiger partial charge in [0.15, 0.2) is 16.9 Å². The molecule has 0 aliphatic rings. The number of methoxy groups -OCH3 is 1. The molecule has 0 unspecified atom stereocenters. The first-order valence-corrected chi connectivity index (χ1v) is 12.4. The lowest BCUT2D eigenvalue weighted by Crippen LogP contribution is -2.03. The van der Waals surface area contributed by atoms with E-state index < -0.39 is 12.6 Å². The van der Waals surface area contributed by atoms with Crippen molar-refractivity contribution in [1.82, 2.24) is 9.97 Å². The average molecular weight is 531 g/mol. The largest absolute Gasteiger partial charge is 0.465 e. The van der Waals surface area contributed by atoms with Crippen LogP contribution in [0.15, 0.2) is 93.8 Å². The van der Waals surface area contributed by atoms with Crippen molar-refractivity contribution < 1.29 is 28.3 Å². The van der Waals surface area contributed by atoms with Gasteiger partial charge in [-0.3, -0.25) is 4.79 Å². The number of benzene rings is 4. The second-order valence-corrected chi connectivity index (χ2v) is 9.05. The van der Waals surface area contributed by atoms with Gasteiger partial charge in [0.2, 0.25) is 11.8 Å². The molecule has 8 heteroatoms. The number of ether oxygens (including phenoxy) is 1. The summed E-state index contributed by atoms with van der Waals surface area (Å²) >= 11 is 0. The van der Waals surface area contributed by atoms with E-state index in [4.69, 9.17) is 18.7 Å². The van der Waals surface area contributed by atoms with E-state index in [0.29, 0.717) is 45.1 Å². The Bertz CT molecular complexity index is 1760. The molecule has 1 N–H and O–H groups in total. The van der Waals surface area contributed by atoms with Crippen LogP contribution in [0, 0.1) is 0 Å². The van der Waals surface area contributed by atoms with Gasteiger partial charge in [0, 0.05) is 16.7 Å². The monoisotopic (exact) mass is 530 g/mol. The summed E-state index contributed by atoms with van der Waals surface area (Å²) in [6, 6.07) is 25.5. The van der Waals surface area contributed by atoms with Gasteiger partial charge < -0.3 is 18.7 Å². The van der Waals surface area contributed by atoms with Crippen LogP contribution in [0.2, 0.25) is 0 Å². The molecule has 0 radical (unpaired) electrons. The molecule has 40 heavy (non-hydrogen) atoms. The number of fused-ring (bicyclic) bond motifs is 2. The minimum atomic E-state index is -0.551. The van der Waals surface area contributed by atoms with Gasteiger partial charge in [-0.2, -0.15) is 0 Å². The Labute approximate surface area is 228 Å². The second kappa shape index (κ2) is 10.4. The first-order chi connectivity index (χ1) is 19.5. The number of carbonyl (C=O) groups is 2. The number of carbonyl (C=O) groups excluding carboxylic acids is 2. The summed E-state index contributed by atoms with van der Waals surface area (Å²) in [5, 5.41) is 9.08. The minimum absolute atomic E-state index is 0.368. The molecular weight excluding hydrogens is 508 g/mol. The van der Waals surface area contributed by atoms with E-state index in [1.807, 2.05) is 60.7 Å². The maximum absolute atomic E-state index is 11.8. The van der Waals surface area contributed by atoms with Crippen LogP contribution in [0.3, 0.4) is 0 Å². The lowest BCUT2D eigenvalue weighted by atomic mass is 10.1. The lowest BCUT2D eigenvalue weighted by molar-refractivity contribution is 0.0600. The average Bonchev–Trinajstić information content (AvgIpc) is 3.63. The predicted octanol–water partition coefficient (Wildman–Crippen LogP) is 6.44. The van der Waals surface area contributed by atoms with Gasteiger partial charge in [-0.15, -0.1) is 0 Å². The number of aliphatic hydroxyl groups is 1. The maximum atomic E-state index is 11.8. The first kappa shape index (κ1) is 25.0. The number of hydrogen-bond donors (Lipinski definition) is 1. The number of rotatable bonds is 7. The van der Waals surface area contributed by atoms with Gasteiger partial charge in [0.1, 0.15) is 17.6 Å². The highest BCUT2D eigenvalue weighted by molar-refractivity contribution is 5.99. The topological polar surface area (TPSA) is 116 Å². The van der Waals surface area contributed by atoms with E-state index >= 15 is 0 Å². The zero-order valence-electron chi connectivity index (χ0n) is 21.3. The molecule has 0 saturated heterocycles. The minimum Gasteiger partial charge on any atom is -0.465 e. The summed E-state index contributed by atoms with van der Waals surface area (Å²) < 4.78 is 16.5. The van der Waals surface area contributed by atoms with Gasteiger partial charge in [0.05, 0.1) is 12.7 Å². The third kappa shape index (κ3) is 4.91. The Morgan fingerprint density at radius 2 is 1.20 bits per heavy atom. The highest BCUT2D eigenvalue weighted by Crippen LogP contribution is 2.27. The Kier molecular flexibility index (Phi) is 6.51. The van der Waals surface area contributed by atoms with E-state index in [9.17, 15) is 9.59 Å². The Hall–Kier alpha value is -5.34. The molecule has 2 aromatic heterocycles. The summed E-state index contributed by atoms with van der Waals surface area (Å²) in [4.78, 5) is 32.5. The Balaban J connectivity index is 1.15. The summed E-state index contributed by atoms with van der Waals surface area (Å²) in [7, 11) is 1.34. The van der Waals surface area contributed by atoms with Crippen LogP contribution in [0.25, 0.3) is 57.3 Å². The second-order valence-electron chi connectivity index (χ2n) is 9.05. The highest BCUT2D eigenvalue weighted by Gasteiger charge is 2.13. The van der Waals surface area contributed by atoms with E-state index in [-0.39, 0.29) is 5.78 Å². The number of ketones is 1. The van der Waals surface area contributed by atoms with E-state index in [1.54, 1.807) is 36.4 Å². The van der Waals surface area contributed by atoms with Crippen molar-refractivity contribution in [2.75, 3.05) is 13.7 Å². The molecule has 0 aliphatic heterocycles. The van der Waals surface area contributed by atoms with Gasteiger partial charge in [0.25, 0.3) is 0 Å². The van der Waals surface area contributed by atoms with Gasteiger partial charge in [-0.1, -0.05) is 36.4 Å². The number of Topliss-reactive ketones (excluding diaryl/α,β-unsaturated/α-hetero) is 1. The zero-order chi connectivity index (χ0) is 27.6. The van der Waals surface area contributed by atoms with Crippen LogP contribution in [-0.4, -0.2) is 40.5 Å². The van der Waals surface area contributed by atoms with Crippen molar-refractivity contribution in [1.29, 1.82) is 0 Å². The van der Waals surface area contributed by atoms with Crippen molar-refractivity contribution >= 4 is 46.1 Å². The van der Waals surface area contributed by atoms with Crippen LogP contribution < -0.4 is 0 Å². The first-order valence-electron chi connectivity index (χ1n) is 12.4. The molecule has 0 bridgehead atoms. The maximum Gasteiger partial charge on any atom is 0.337 e. The molecule has 6 rings (SSSR count). The molecule has 0 aliphatic carbocycles. The molecular formula is C32H22N2O6. The van der Waals surface area contributed by atoms with Crippen LogP contribution in [0.5, 0.6) is 0 Å². The predicted molar refractivity (Wildman–Crippen MR) is 151 cm³/mol. The smallest absolute Gasteiger partial charge is 0.337 e. The van der Waals surface area contributed by atoms with E-state index in [2.05, 4.69) is 9.97 Å². The van der Waals surface area contributed by atoms with Crippen molar-refractivity contribution in [3.8, 4) is 22.9 Å². The normalized spacial score (nSPS) is 11.4. The zero-order valence-corrected chi connectivity index (χ0v) is 21.3. The molecule has 0 atom stereocenters. The summed E-state index contributed by atoms with van der Waals surface area (Å²) in [5.41, 5.74) is 6.74. The summed E-state index contributed by atoms with van der Waals surface area (Å²) in [5.74, 6) is 0.130. The lowest BCUT2D eigenvalue weighted by Gasteiger charge is -1.99. The van der Waals surface area contributed by atoms with Crippen LogP contribution in [0.1, 0.15) is 31.8 Å². The highest BCUT2D eigenvalue weighted by atomic mass is 16.5. The van der Waals surface area contributed by atoms with Crippen molar-refractivity contribution in [2.24, 2.45) is 0 Å². The third-order valence-electron chi connectivity index (χ3n) is 6.45. The van der Waals surface area contributed by atoms with Crippen LogP contribution >= 0.6 is 0 Å². The molecule has 8 nitrogen and oxygen atoms in total. The van der Waals surface area contributed by atoms with Crippen LogP contribution in [-0.2, 0) is 4.74 Å². The molecule has 2 heterocycles. The standard InChI is InChI=1S/C32H22N2O6/c1-38-32(37)24-13-15-26-29(17-24)40-31(34-26)22-10-6-20(7-11-22)3-2-19-4-8-21(9-5-19)30-33-25-14-12-23(27(36)18-35)16-28(25)39-30/h2-17,35H,18H2,1H3. The molecule has 196 valence electrons. The Morgan fingerprint density at radius 3 is 1.68 bits per heavy atom.